The van der Waals surface area contributed by atoms with Gasteiger partial charge >= 0.3 is 5.97 Å². The van der Waals surface area contributed by atoms with Gasteiger partial charge in [0.25, 0.3) is 0 Å². The standard InChI is InChI=1S/C11H10BrN3O2S/c1-5-8(11(16)17-2)9(13)15-10(14-5)7-3-6(12)4-18-7/h3-4H,1-2H3,(H2,13,14,15). The third kappa shape index (κ3) is 2.37. The molecular weight excluding hydrogens is 318 g/mol. The van der Waals surface area contributed by atoms with Crippen LogP contribution in [0.4, 0.5) is 5.82 Å². The molecule has 0 bridgehead atoms. The Kier molecular flexibility index (Phi) is 3.63. The molecule has 0 unspecified atom stereocenters. The van der Waals surface area contributed by atoms with Crippen LogP contribution in [0.5, 0.6) is 0 Å². The van der Waals surface area contributed by atoms with E-state index in [2.05, 4.69) is 30.6 Å². The summed E-state index contributed by atoms with van der Waals surface area (Å²) < 4.78 is 5.60. The molecule has 2 heterocycles. The Hall–Kier alpha value is -1.47. The summed E-state index contributed by atoms with van der Waals surface area (Å²) in [7, 11) is 1.30. The van der Waals surface area contributed by atoms with Crippen LogP contribution in [0.1, 0.15) is 16.1 Å². The molecule has 5 nitrogen and oxygen atoms in total. The maximum Gasteiger partial charge on any atom is 0.343 e. The van der Waals surface area contributed by atoms with Crippen LogP contribution in [0.2, 0.25) is 0 Å². The number of ether oxygens (including phenoxy) is 1. The van der Waals surface area contributed by atoms with Crippen molar-refractivity contribution in [3.63, 3.8) is 0 Å². The number of aryl methyl sites for hydroxylation is 1. The van der Waals surface area contributed by atoms with Gasteiger partial charge in [0.15, 0.2) is 5.82 Å². The second-order valence-corrected chi connectivity index (χ2v) is 5.34. The normalized spacial score (nSPS) is 10.4. The molecule has 0 amide bonds. The van der Waals surface area contributed by atoms with Crippen LogP contribution in [-0.4, -0.2) is 23.0 Å². The van der Waals surface area contributed by atoms with Gasteiger partial charge in [-0.3, -0.25) is 0 Å². The van der Waals surface area contributed by atoms with Gasteiger partial charge in [-0.1, -0.05) is 0 Å². The number of carbonyl (C=O) groups is 1. The largest absolute Gasteiger partial charge is 0.465 e. The van der Waals surface area contributed by atoms with Gasteiger partial charge < -0.3 is 10.5 Å². The SMILES string of the molecule is COC(=O)c1c(C)nc(-c2cc(Br)cs2)nc1N. The first-order valence-corrected chi connectivity index (χ1v) is 6.67. The van der Waals surface area contributed by atoms with Gasteiger partial charge in [-0.15, -0.1) is 11.3 Å². The summed E-state index contributed by atoms with van der Waals surface area (Å²) in [5, 5.41) is 1.93. The predicted molar refractivity (Wildman–Crippen MR) is 73.5 cm³/mol. The highest BCUT2D eigenvalue weighted by Crippen LogP contribution is 2.29. The molecule has 0 saturated heterocycles. The van der Waals surface area contributed by atoms with E-state index in [0.717, 1.165) is 9.35 Å². The van der Waals surface area contributed by atoms with Gasteiger partial charge in [-0.2, -0.15) is 0 Å². The van der Waals surface area contributed by atoms with Crippen LogP contribution >= 0.6 is 27.3 Å². The molecule has 0 aromatic carbocycles. The van der Waals surface area contributed by atoms with E-state index in [4.69, 9.17) is 5.73 Å². The van der Waals surface area contributed by atoms with E-state index in [1.54, 1.807) is 6.92 Å². The summed E-state index contributed by atoms with van der Waals surface area (Å²) in [5.41, 5.74) is 6.51. The van der Waals surface area contributed by atoms with Gasteiger partial charge in [0.2, 0.25) is 0 Å². The van der Waals surface area contributed by atoms with Gasteiger partial charge in [0.05, 0.1) is 17.7 Å². The maximum absolute atomic E-state index is 11.5. The number of halogens is 1. The van der Waals surface area contributed by atoms with Crippen LogP contribution in [-0.2, 0) is 4.74 Å². The van der Waals surface area contributed by atoms with Crippen molar-refractivity contribution in [1.82, 2.24) is 9.97 Å². The Bertz CT molecular complexity index is 589. The van der Waals surface area contributed by atoms with Crippen molar-refractivity contribution in [3.05, 3.63) is 27.2 Å². The summed E-state index contributed by atoms with van der Waals surface area (Å²) in [6.07, 6.45) is 0. The Morgan fingerprint density at radius 1 is 1.50 bits per heavy atom. The summed E-state index contributed by atoms with van der Waals surface area (Å²) in [6.45, 7) is 1.70. The number of carbonyl (C=O) groups excluding carboxylic acids is 1. The number of methoxy groups -OCH3 is 1. The zero-order chi connectivity index (χ0) is 13.3. The smallest absolute Gasteiger partial charge is 0.343 e. The average Bonchev–Trinajstić information content (AvgIpc) is 2.74. The number of nitrogen functional groups attached to an aromatic ring is 1. The lowest BCUT2D eigenvalue weighted by Gasteiger charge is -2.07. The molecule has 18 heavy (non-hydrogen) atoms. The van der Waals surface area contributed by atoms with Crippen molar-refractivity contribution < 1.29 is 9.53 Å². The van der Waals surface area contributed by atoms with Gasteiger partial charge in [0, 0.05) is 9.85 Å². The molecule has 0 aliphatic carbocycles. The van der Waals surface area contributed by atoms with Crippen molar-refractivity contribution in [2.45, 2.75) is 6.92 Å². The molecule has 0 radical (unpaired) electrons. The van der Waals surface area contributed by atoms with Crippen LogP contribution < -0.4 is 5.73 Å². The first kappa shape index (κ1) is 13.0. The fraction of sp³-hybridized carbons (Fsp3) is 0.182. The second kappa shape index (κ2) is 5.03. The van der Waals surface area contributed by atoms with Crippen molar-refractivity contribution in [3.8, 4) is 10.7 Å². The summed E-state index contributed by atoms with van der Waals surface area (Å²) in [5.74, 6) is 0.117. The van der Waals surface area contributed by atoms with Crippen molar-refractivity contribution in [2.24, 2.45) is 0 Å². The third-order valence-electron chi connectivity index (χ3n) is 2.30. The van der Waals surface area contributed by atoms with Crippen molar-refractivity contribution in [1.29, 1.82) is 0 Å². The molecule has 0 aliphatic heterocycles. The van der Waals surface area contributed by atoms with Gasteiger partial charge in [-0.05, 0) is 28.9 Å². The molecule has 2 aromatic rings. The fourth-order valence-corrected chi connectivity index (χ4v) is 2.85. The summed E-state index contributed by atoms with van der Waals surface area (Å²) in [6, 6.07) is 1.90. The number of rotatable bonds is 2. The van der Waals surface area contributed by atoms with Crippen LogP contribution in [0, 0.1) is 6.92 Å². The predicted octanol–water partition coefficient (Wildman–Crippen LogP) is 2.64. The van der Waals surface area contributed by atoms with Crippen LogP contribution in [0.15, 0.2) is 15.9 Å². The first-order valence-electron chi connectivity index (χ1n) is 4.99. The molecule has 0 saturated carbocycles. The molecular formula is C11H10BrN3O2S. The van der Waals surface area contributed by atoms with Crippen molar-refractivity contribution in [2.75, 3.05) is 12.8 Å². The highest BCUT2D eigenvalue weighted by atomic mass is 79.9. The number of thiophene rings is 1. The Morgan fingerprint density at radius 2 is 2.22 bits per heavy atom. The molecule has 0 aliphatic rings. The number of nitrogens with zero attached hydrogens (tertiary/aromatic N) is 2. The number of hydrogen-bond donors (Lipinski definition) is 1. The molecule has 2 N–H and O–H groups in total. The van der Waals surface area contributed by atoms with E-state index >= 15 is 0 Å². The number of aromatic nitrogens is 2. The number of esters is 1. The van der Waals surface area contributed by atoms with Gasteiger partial charge in [0.1, 0.15) is 11.4 Å². The molecule has 0 spiro atoms. The Balaban J connectivity index is 2.52. The highest BCUT2D eigenvalue weighted by molar-refractivity contribution is 9.10. The molecule has 2 rings (SSSR count). The highest BCUT2D eigenvalue weighted by Gasteiger charge is 2.18. The minimum absolute atomic E-state index is 0.133. The zero-order valence-corrected chi connectivity index (χ0v) is 12.1. The molecule has 2 aromatic heterocycles. The monoisotopic (exact) mass is 327 g/mol. The average molecular weight is 328 g/mol. The van der Waals surface area contributed by atoms with E-state index in [1.807, 2.05) is 11.4 Å². The lowest BCUT2D eigenvalue weighted by molar-refractivity contribution is 0.0600. The molecule has 7 heteroatoms. The number of anilines is 1. The Morgan fingerprint density at radius 3 is 2.72 bits per heavy atom. The van der Waals surface area contributed by atoms with Crippen LogP contribution in [0.25, 0.3) is 10.7 Å². The maximum atomic E-state index is 11.5. The van der Waals surface area contributed by atoms with E-state index in [9.17, 15) is 4.79 Å². The van der Waals surface area contributed by atoms with Crippen molar-refractivity contribution >= 4 is 39.1 Å². The topological polar surface area (TPSA) is 78.1 Å². The van der Waals surface area contributed by atoms with E-state index in [-0.39, 0.29) is 11.4 Å². The second-order valence-electron chi connectivity index (χ2n) is 3.51. The van der Waals surface area contributed by atoms with E-state index < -0.39 is 5.97 Å². The summed E-state index contributed by atoms with van der Waals surface area (Å²) in [4.78, 5) is 20.8. The molecule has 0 fully saturated rings. The molecule has 0 atom stereocenters. The minimum atomic E-state index is -0.524. The Labute approximate surface area is 116 Å². The third-order valence-corrected chi connectivity index (χ3v) is 3.98. The molecule has 94 valence electrons. The summed E-state index contributed by atoms with van der Waals surface area (Å²) >= 11 is 4.86. The zero-order valence-electron chi connectivity index (χ0n) is 9.73. The quantitative estimate of drug-likeness (QED) is 0.858. The van der Waals surface area contributed by atoms with E-state index in [1.165, 1.54) is 18.4 Å². The lowest BCUT2D eigenvalue weighted by Crippen LogP contribution is -2.12. The number of hydrogen-bond acceptors (Lipinski definition) is 6. The van der Waals surface area contributed by atoms with E-state index in [0.29, 0.717) is 11.5 Å². The lowest BCUT2D eigenvalue weighted by atomic mass is 10.2. The number of nitrogens with two attached hydrogens (primary N) is 1. The fourth-order valence-electron chi connectivity index (χ4n) is 1.49. The van der Waals surface area contributed by atoms with Crippen LogP contribution in [0.3, 0.4) is 0 Å². The first-order chi connectivity index (χ1) is 8.52. The minimum Gasteiger partial charge on any atom is -0.465 e. The van der Waals surface area contributed by atoms with Gasteiger partial charge in [-0.25, -0.2) is 14.8 Å².